The Labute approximate surface area is 55.8 Å². The summed E-state index contributed by atoms with van der Waals surface area (Å²) in [7, 11) is 0. The third-order valence-corrected chi connectivity index (χ3v) is 0.754. The molecule has 0 spiro atoms. The van der Waals surface area contributed by atoms with Crippen LogP contribution in [-0.2, 0) is 9.47 Å². The molecular formula is C7H12O2. The van der Waals surface area contributed by atoms with E-state index < -0.39 is 0 Å². The van der Waals surface area contributed by atoms with Crippen molar-refractivity contribution >= 4 is 0 Å². The van der Waals surface area contributed by atoms with E-state index in [0.717, 1.165) is 0 Å². The van der Waals surface area contributed by atoms with Crippen LogP contribution in [0.25, 0.3) is 0 Å². The summed E-state index contributed by atoms with van der Waals surface area (Å²) in [6.45, 7) is 9.39. The summed E-state index contributed by atoms with van der Waals surface area (Å²) >= 11 is 0. The molecule has 9 heavy (non-hydrogen) atoms. The molecule has 0 rings (SSSR count). The van der Waals surface area contributed by atoms with Crippen LogP contribution in [0.2, 0.25) is 0 Å². The van der Waals surface area contributed by atoms with Gasteiger partial charge in [0.2, 0.25) is 6.29 Å². The third kappa shape index (κ3) is 3.79. The van der Waals surface area contributed by atoms with Gasteiger partial charge in [0.15, 0.2) is 0 Å². The molecule has 0 aliphatic heterocycles. The van der Waals surface area contributed by atoms with Crippen molar-refractivity contribution < 1.29 is 9.47 Å². The number of rotatable bonds is 5. The minimum Gasteiger partial charge on any atom is -0.469 e. The van der Waals surface area contributed by atoms with Crippen molar-refractivity contribution in [3.8, 4) is 0 Å². The second-order valence-electron chi connectivity index (χ2n) is 1.36. The van der Waals surface area contributed by atoms with E-state index in [-0.39, 0.29) is 6.29 Å². The van der Waals surface area contributed by atoms with E-state index in [1.165, 1.54) is 6.26 Å². The van der Waals surface area contributed by atoms with E-state index in [1.807, 2.05) is 6.92 Å². The van der Waals surface area contributed by atoms with Gasteiger partial charge >= 0.3 is 0 Å². The largest absolute Gasteiger partial charge is 0.469 e. The quantitative estimate of drug-likeness (QED) is 0.318. The summed E-state index contributed by atoms with van der Waals surface area (Å²) in [4.78, 5) is 0. The smallest absolute Gasteiger partial charge is 0.218 e. The van der Waals surface area contributed by atoms with Gasteiger partial charge in [-0.15, -0.1) is 0 Å². The first-order valence-electron chi connectivity index (χ1n) is 2.85. The molecule has 0 N–H and O–H groups in total. The van der Waals surface area contributed by atoms with Crippen LogP contribution in [0, 0.1) is 0 Å². The van der Waals surface area contributed by atoms with Crippen molar-refractivity contribution in [3.05, 3.63) is 25.5 Å². The van der Waals surface area contributed by atoms with Gasteiger partial charge in [-0.2, -0.15) is 0 Å². The molecule has 0 saturated heterocycles. The lowest BCUT2D eigenvalue weighted by Gasteiger charge is -2.10. The van der Waals surface area contributed by atoms with E-state index in [2.05, 4.69) is 13.2 Å². The molecule has 0 radical (unpaired) electrons. The van der Waals surface area contributed by atoms with Crippen molar-refractivity contribution in [2.75, 3.05) is 6.61 Å². The van der Waals surface area contributed by atoms with Gasteiger partial charge in [-0.25, -0.2) is 0 Å². The SMILES string of the molecule is C=COC(C=C)OCC. The lowest BCUT2D eigenvalue weighted by atomic mass is 10.6. The third-order valence-electron chi connectivity index (χ3n) is 0.754. The van der Waals surface area contributed by atoms with E-state index in [0.29, 0.717) is 6.61 Å². The van der Waals surface area contributed by atoms with Crippen LogP contribution in [0.4, 0.5) is 0 Å². The Hall–Kier alpha value is -0.760. The molecule has 52 valence electrons. The highest BCUT2D eigenvalue weighted by molar-refractivity contribution is 4.73. The summed E-state index contributed by atoms with van der Waals surface area (Å²) in [5.41, 5.74) is 0. The maximum absolute atomic E-state index is 5.02. The van der Waals surface area contributed by atoms with Gasteiger partial charge in [-0.05, 0) is 13.0 Å². The molecule has 2 nitrogen and oxygen atoms in total. The molecule has 2 heteroatoms. The van der Waals surface area contributed by atoms with Gasteiger partial charge in [-0.3, -0.25) is 0 Å². The lowest BCUT2D eigenvalue weighted by Crippen LogP contribution is -2.10. The molecule has 0 aliphatic carbocycles. The molecule has 1 unspecified atom stereocenters. The predicted octanol–water partition coefficient (Wildman–Crippen LogP) is 1.70. The van der Waals surface area contributed by atoms with Gasteiger partial charge < -0.3 is 9.47 Å². The zero-order valence-corrected chi connectivity index (χ0v) is 5.67. The fraction of sp³-hybridized carbons (Fsp3) is 0.429. The standard InChI is InChI=1S/C7H12O2/c1-4-7(8-5-2)9-6-3/h4-5,7H,1-2,6H2,3H3. The maximum Gasteiger partial charge on any atom is 0.218 e. The topological polar surface area (TPSA) is 18.5 Å². The van der Waals surface area contributed by atoms with Crippen LogP contribution in [0.5, 0.6) is 0 Å². The van der Waals surface area contributed by atoms with Crippen molar-refractivity contribution in [2.45, 2.75) is 13.2 Å². The first-order valence-corrected chi connectivity index (χ1v) is 2.85. The van der Waals surface area contributed by atoms with Gasteiger partial charge in [0, 0.05) is 6.61 Å². The zero-order valence-electron chi connectivity index (χ0n) is 5.67. The summed E-state index contributed by atoms with van der Waals surface area (Å²) in [5, 5.41) is 0. The minimum absolute atomic E-state index is 0.340. The van der Waals surface area contributed by atoms with Crippen LogP contribution >= 0.6 is 0 Å². The molecule has 1 atom stereocenters. The predicted molar refractivity (Wildman–Crippen MR) is 36.9 cm³/mol. The van der Waals surface area contributed by atoms with Gasteiger partial charge in [0.1, 0.15) is 0 Å². The molecule has 0 amide bonds. The molecule has 0 saturated carbocycles. The first-order chi connectivity index (χ1) is 4.35. The number of ether oxygens (including phenoxy) is 2. The molecule has 0 aromatic rings. The van der Waals surface area contributed by atoms with Crippen LogP contribution in [0.3, 0.4) is 0 Å². The number of hydrogen-bond acceptors (Lipinski definition) is 2. The second-order valence-corrected chi connectivity index (χ2v) is 1.36. The van der Waals surface area contributed by atoms with Crippen molar-refractivity contribution in [1.29, 1.82) is 0 Å². The highest BCUT2D eigenvalue weighted by atomic mass is 16.7. The van der Waals surface area contributed by atoms with Crippen molar-refractivity contribution in [1.82, 2.24) is 0 Å². The second kappa shape index (κ2) is 5.38. The Bertz CT molecular complexity index is 88.9. The van der Waals surface area contributed by atoms with Crippen molar-refractivity contribution in [2.24, 2.45) is 0 Å². The Morgan fingerprint density at radius 2 is 2.22 bits per heavy atom. The average Bonchev–Trinajstić information content (AvgIpc) is 1.88. The van der Waals surface area contributed by atoms with Crippen molar-refractivity contribution in [3.63, 3.8) is 0 Å². The fourth-order valence-electron chi connectivity index (χ4n) is 0.422. The summed E-state index contributed by atoms with van der Waals surface area (Å²) in [6, 6.07) is 0. The maximum atomic E-state index is 5.02. The van der Waals surface area contributed by atoms with Crippen LogP contribution in [0.1, 0.15) is 6.92 Å². The normalized spacial score (nSPS) is 12.1. The highest BCUT2D eigenvalue weighted by Gasteiger charge is 1.97. The Kier molecular flexibility index (Phi) is 4.92. The van der Waals surface area contributed by atoms with Gasteiger partial charge in [0.25, 0.3) is 0 Å². The minimum atomic E-state index is -0.340. The average molecular weight is 128 g/mol. The molecule has 0 aromatic heterocycles. The first kappa shape index (κ1) is 8.24. The highest BCUT2D eigenvalue weighted by Crippen LogP contribution is 1.94. The summed E-state index contributed by atoms with van der Waals surface area (Å²) in [6.07, 6.45) is 2.57. The Balaban J connectivity index is 3.40. The zero-order chi connectivity index (χ0) is 7.11. The molecule has 0 aliphatic rings. The molecular weight excluding hydrogens is 116 g/mol. The van der Waals surface area contributed by atoms with Crippen LogP contribution in [-0.4, -0.2) is 12.9 Å². The fourth-order valence-corrected chi connectivity index (χ4v) is 0.422. The van der Waals surface area contributed by atoms with Crippen LogP contribution < -0.4 is 0 Å². The Morgan fingerprint density at radius 1 is 1.56 bits per heavy atom. The van der Waals surface area contributed by atoms with Crippen LogP contribution in [0.15, 0.2) is 25.5 Å². The van der Waals surface area contributed by atoms with E-state index >= 15 is 0 Å². The number of hydrogen-bond donors (Lipinski definition) is 0. The monoisotopic (exact) mass is 128 g/mol. The van der Waals surface area contributed by atoms with E-state index in [9.17, 15) is 0 Å². The summed E-state index contributed by atoms with van der Waals surface area (Å²) < 4.78 is 9.88. The van der Waals surface area contributed by atoms with E-state index in [1.54, 1.807) is 6.08 Å². The lowest BCUT2D eigenvalue weighted by molar-refractivity contribution is -0.0668. The molecule has 0 bridgehead atoms. The van der Waals surface area contributed by atoms with Gasteiger partial charge in [0.05, 0.1) is 6.26 Å². The van der Waals surface area contributed by atoms with E-state index in [4.69, 9.17) is 9.47 Å². The summed E-state index contributed by atoms with van der Waals surface area (Å²) in [5.74, 6) is 0. The molecule has 0 fully saturated rings. The van der Waals surface area contributed by atoms with Gasteiger partial charge in [-0.1, -0.05) is 13.2 Å². The molecule has 0 aromatic carbocycles. The molecule has 0 heterocycles. The Morgan fingerprint density at radius 3 is 2.56 bits per heavy atom.